The summed E-state index contributed by atoms with van der Waals surface area (Å²) in [6.45, 7) is 22.7. The minimum absolute atomic E-state index is 0.0437. The van der Waals surface area contributed by atoms with Crippen LogP contribution in [0.4, 0.5) is 17.1 Å². The van der Waals surface area contributed by atoms with Gasteiger partial charge in [-0.1, -0.05) is 34.3 Å². The Kier molecular flexibility index (Phi) is 6.82. The molecule has 0 atom stereocenters. The van der Waals surface area contributed by atoms with E-state index in [-0.39, 0.29) is 17.4 Å². The lowest BCUT2D eigenvalue weighted by atomic mass is 9.96. The number of aromatic amines is 1. The minimum Gasteiger partial charge on any atom is -0.372 e. The zero-order valence-corrected chi connectivity index (χ0v) is 20.8. The Morgan fingerprint density at radius 2 is 1.84 bits per heavy atom. The number of allylic oxidation sites excluding steroid dienone is 1. The molecule has 2 heterocycles. The molecule has 0 saturated heterocycles. The van der Waals surface area contributed by atoms with Crippen LogP contribution in [-0.2, 0) is 0 Å². The number of H-pyrrole nitrogens is 1. The summed E-state index contributed by atoms with van der Waals surface area (Å²) in [5, 5.41) is 6.81. The van der Waals surface area contributed by atoms with Gasteiger partial charge in [-0.15, -0.1) is 0 Å². The number of fused-ring (bicyclic) bond motifs is 1. The number of rotatable bonds is 8. The van der Waals surface area contributed by atoms with E-state index in [1.807, 2.05) is 20.8 Å². The lowest BCUT2D eigenvalue weighted by Crippen LogP contribution is -2.24. The van der Waals surface area contributed by atoms with Gasteiger partial charge in [0, 0.05) is 30.0 Å². The van der Waals surface area contributed by atoms with Gasteiger partial charge in [0.25, 0.3) is 5.56 Å². The molecule has 2 aromatic heterocycles. The predicted molar refractivity (Wildman–Crippen MR) is 137 cm³/mol. The molecule has 6 heteroatoms. The van der Waals surface area contributed by atoms with Crippen LogP contribution >= 0.6 is 0 Å². The molecular weight excluding hydrogens is 398 g/mol. The number of hydrogen-bond acceptors (Lipinski definition) is 4. The molecule has 0 fully saturated rings. The number of aromatic nitrogens is 3. The average Bonchev–Trinajstić information content (AvgIpc) is 3.09. The van der Waals surface area contributed by atoms with Crippen LogP contribution in [0, 0.1) is 6.92 Å². The molecule has 0 radical (unpaired) electrons. The molecule has 0 aliphatic heterocycles. The summed E-state index contributed by atoms with van der Waals surface area (Å²) in [6.07, 6.45) is 0. The van der Waals surface area contributed by atoms with Crippen LogP contribution in [0.3, 0.4) is 0 Å². The SMILES string of the molecule is C=C(C)c1[nH]n2c(=O)c(C(C)C)c(C(C)C)nc2c1Nc1ccc(N(CC)CC)cc1C. The van der Waals surface area contributed by atoms with E-state index in [1.165, 1.54) is 5.69 Å². The molecule has 0 aliphatic rings. The summed E-state index contributed by atoms with van der Waals surface area (Å²) in [6, 6.07) is 6.42. The monoisotopic (exact) mass is 435 g/mol. The standard InChI is InChI=1S/C26H37N5O/c1-10-30(11-2)19-12-13-20(18(9)14-19)27-24-23(17(7)8)29-31-25(24)28-22(16(5)6)21(15(3)4)26(31)32/h12-16,27,29H,7,10-11H2,1-6,8-9H3. The third kappa shape index (κ3) is 4.18. The first kappa shape index (κ1) is 23.6. The highest BCUT2D eigenvalue weighted by molar-refractivity contribution is 5.86. The van der Waals surface area contributed by atoms with Gasteiger partial charge < -0.3 is 10.2 Å². The van der Waals surface area contributed by atoms with Crippen molar-refractivity contribution in [2.45, 2.75) is 67.2 Å². The molecule has 32 heavy (non-hydrogen) atoms. The minimum atomic E-state index is -0.0437. The van der Waals surface area contributed by atoms with E-state index in [2.05, 4.69) is 74.7 Å². The van der Waals surface area contributed by atoms with Crippen molar-refractivity contribution in [3.05, 3.63) is 57.6 Å². The van der Waals surface area contributed by atoms with Crippen molar-refractivity contribution in [1.29, 1.82) is 0 Å². The van der Waals surface area contributed by atoms with E-state index in [1.54, 1.807) is 4.52 Å². The molecule has 0 aliphatic carbocycles. The van der Waals surface area contributed by atoms with Crippen molar-refractivity contribution in [3.8, 4) is 0 Å². The van der Waals surface area contributed by atoms with Gasteiger partial charge in [-0.3, -0.25) is 9.89 Å². The van der Waals surface area contributed by atoms with Gasteiger partial charge in [0.1, 0.15) is 5.69 Å². The Hall–Kier alpha value is -3.02. The number of aryl methyl sites for hydroxylation is 1. The van der Waals surface area contributed by atoms with Crippen LogP contribution in [0.15, 0.2) is 29.6 Å². The first-order valence-electron chi connectivity index (χ1n) is 11.6. The van der Waals surface area contributed by atoms with Crippen molar-refractivity contribution < 1.29 is 0 Å². The second-order valence-corrected chi connectivity index (χ2v) is 9.12. The number of benzene rings is 1. The average molecular weight is 436 g/mol. The van der Waals surface area contributed by atoms with Crippen LogP contribution in [0.2, 0.25) is 0 Å². The van der Waals surface area contributed by atoms with E-state index in [9.17, 15) is 4.79 Å². The first-order chi connectivity index (χ1) is 15.1. The van der Waals surface area contributed by atoms with E-state index >= 15 is 0 Å². The van der Waals surface area contributed by atoms with Gasteiger partial charge in [0.15, 0.2) is 5.65 Å². The Balaban J connectivity index is 2.21. The number of hydrogen-bond donors (Lipinski definition) is 2. The van der Waals surface area contributed by atoms with Crippen LogP contribution in [0.25, 0.3) is 11.2 Å². The number of nitrogens with zero attached hydrogens (tertiary/aromatic N) is 3. The molecule has 0 saturated carbocycles. The molecule has 3 rings (SSSR count). The van der Waals surface area contributed by atoms with Gasteiger partial charge in [-0.2, -0.15) is 4.52 Å². The second kappa shape index (κ2) is 9.23. The molecule has 6 nitrogen and oxygen atoms in total. The quantitative estimate of drug-likeness (QED) is 0.442. The molecule has 172 valence electrons. The van der Waals surface area contributed by atoms with Crippen molar-refractivity contribution in [2.24, 2.45) is 0 Å². The maximum Gasteiger partial charge on any atom is 0.276 e. The molecule has 2 N–H and O–H groups in total. The normalized spacial score (nSPS) is 11.6. The molecule has 0 amide bonds. The van der Waals surface area contributed by atoms with Crippen molar-refractivity contribution in [2.75, 3.05) is 23.3 Å². The fourth-order valence-corrected chi connectivity index (χ4v) is 4.22. The van der Waals surface area contributed by atoms with Gasteiger partial charge in [0.05, 0.1) is 11.4 Å². The Labute approximate surface area is 191 Å². The molecule has 0 spiro atoms. The van der Waals surface area contributed by atoms with E-state index < -0.39 is 0 Å². The maximum absolute atomic E-state index is 13.4. The van der Waals surface area contributed by atoms with Gasteiger partial charge in [-0.05, 0) is 68.9 Å². The largest absolute Gasteiger partial charge is 0.372 e. The first-order valence-corrected chi connectivity index (χ1v) is 11.6. The van der Waals surface area contributed by atoms with Crippen molar-refractivity contribution >= 4 is 28.3 Å². The molecular formula is C26H37N5O. The summed E-state index contributed by atoms with van der Waals surface area (Å²) in [5.41, 5.74) is 7.91. The highest BCUT2D eigenvalue weighted by atomic mass is 16.1. The Morgan fingerprint density at radius 3 is 2.34 bits per heavy atom. The molecule has 0 bridgehead atoms. The summed E-state index contributed by atoms with van der Waals surface area (Å²) >= 11 is 0. The summed E-state index contributed by atoms with van der Waals surface area (Å²) in [7, 11) is 0. The smallest absolute Gasteiger partial charge is 0.276 e. The Morgan fingerprint density at radius 1 is 1.19 bits per heavy atom. The van der Waals surface area contributed by atoms with E-state index in [4.69, 9.17) is 4.98 Å². The zero-order chi connectivity index (χ0) is 23.7. The van der Waals surface area contributed by atoms with Crippen molar-refractivity contribution in [1.82, 2.24) is 14.6 Å². The topological polar surface area (TPSA) is 65.4 Å². The van der Waals surface area contributed by atoms with Crippen LogP contribution < -0.4 is 15.8 Å². The third-order valence-corrected chi connectivity index (χ3v) is 5.99. The fraction of sp³-hybridized carbons (Fsp3) is 0.462. The van der Waals surface area contributed by atoms with Gasteiger partial charge in [-0.25, -0.2) is 4.98 Å². The van der Waals surface area contributed by atoms with E-state index in [0.717, 1.165) is 52.6 Å². The fourth-order valence-electron chi connectivity index (χ4n) is 4.22. The zero-order valence-electron chi connectivity index (χ0n) is 20.8. The third-order valence-electron chi connectivity index (χ3n) is 5.99. The molecule has 3 aromatic rings. The van der Waals surface area contributed by atoms with Gasteiger partial charge in [0.2, 0.25) is 0 Å². The van der Waals surface area contributed by atoms with Crippen LogP contribution in [0.5, 0.6) is 0 Å². The van der Waals surface area contributed by atoms with Crippen molar-refractivity contribution in [3.63, 3.8) is 0 Å². The van der Waals surface area contributed by atoms with Gasteiger partial charge >= 0.3 is 0 Å². The van der Waals surface area contributed by atoms with E-state index in [0.29, 0.717) is 5.65 Å². The highest BCUT2D eigenvalue weighted by Gasteiger charge is 2.23. The molecule has 1 aromatic carbocycles. The number of nitrogens with one attached hydrogen (secondary N) is 2. The molecule has 0 unspecified atom stereocenters. The van der Waals surface area contributed by atoms with Crippen LogP contribution in [0.1, 0.15) is 82.8 Å². The lowest BCUT2D eigenvalue weighted by Gasteiger charge is -2.22. The summed E-state index contributed by atoms with van der Waals surface area (Å²) in [5.74, 6) is 0.239. The lowest BCUT2D eigenvalue weighted by molar-refractivity contribution is 0.721. The summed E-state index contributed by atoms with van der Waals surface area (Å²) in [4.78, 5) is 20.7. The number of anilines is 3. The maximum atomic E-state index is 13.4. The summed E-state index contributed by atoms with van der Waals surface area (Å²) < 4.78 is 1.56. The Bertz CT molecular complexity index is 1200. The highest BCUT2D eigenvalue weighted by Crippen LogP contribution is 2.33. The van der Waals surface area contributed by atoms with Crippen LogP contribution in [-0.4, -0.2) is 27.7 Å². The second-order valence-electron chi connectivity index (χ2n) is 9.12. The predicted octanol–water partition coefficient (Wildman–Crippen LogP) is 6.20.